The third-order valence-electron chi connectivity index (χ3n) is 5.50. The Balaban J connectivity index is 1.97. The molecule has 0 heterocycles. The first-order chi connectivity index (χ1) is 15.6. The van der Waals surface area contributed by atoms with Crippen molar-refractivity contribution in [2.75, 3.05) is 28.6 Å². The second-order valence-electron chi connectivity index (χ2n) is 9.43. The number of amides is 2. The van der Waals surface area contributed by atoms with Crippen molar-refractivity contribution in [1.82, 2.24) is 0 Å². The van der Waals surface area contributed by atoms with Crippen LogP contribution in [-0.4, -0.2) is 30.2 Å². The van der Waals surface area contributed by atoms with Gasteiger partial charge in [0.1, 0.15) is 11.6 Å². The van der Waals surface area contributed by atoms with Gasteiger partial charge in [-0.2, -0.15) is 0 Å². The van der Waals surface area contributed by atoms with Crippen LogP contribution < -0.4 is 15.5 Å². The van der Waals surface area contributed by atoms with Crippen LogP contribution in [0.25, 0.3) is 0 Å². The van der Waals surface area contributed by atoms with Crippen molar-refractivity contribution >= 4 is 29.1 Å². The Labute approximate surface area is 193 Å². The second kappa shape index (κ2) is 10.2. The minimum Gasteiger partial charge on any atom is -0.481 e. The summed E-state index contributed by atoms with van der Waals surface area (Å²) in [7, 11) is 0. The van der Waals surface area contributed by atoms with Gasteiger partial charge in [-0.1, -0.05) is 39.8 Å². The van der Waals surface area contributed by atoms with Crippen molar-refractivity contribution in [1.29, 1.82) is 0 Å². The number of nitrogens with one attached hydrogen (secondary N) is 2. The highest BCUT2D eigenvalue weighted by atomic mass is 19.1. The summed E-state index contributed by atoms with van der Waals surface area (Å²) < 4.78 is 29.1. The van der Waals surface area contributed by atoms with Crippen LogP contribution in [0, 0.1) is 29.4 Å². The van der Waals surface area contributed by atoms with Gasteiger partial charge in [-0.15, -0.1) is 0 Å². The quantitative estimate of drug-likeness (QED) is 0.435. The highest BCUT2D eigenvalue weighted by Gasteiger charge is 2.45. The number of carbonyl (C=O) groups is 2. The van der Waals surface area contributed by atoms with Crippen LogP contribution in [0.1, 0.15) is 45.6 Å². The molecule has 3 N–H and O–H groups in total. The number of para-hydroxylation sites is 1. The predicted molar refractivity (Wildman–Crippen MR) is 126 cm³/mol. The lowest BCUT2D eigenvalue weighted by molar-refractivity contribution is -0.138. The predicted octanol–water partition coefficient (Wildman–Crippen LogP) is 5.92. The van der Waals surface area contributed by atoms with Crippen LogP contribution in [0.5, 0.6) is 0 Å². The van der Waals surface area contributed by atoms with E-state index in [1.54, 1.807) is 6.07 Å². The maximum atomic E-state index is 15.1. The first kappa shape index (κ1) is 24.5. The molecule has 1 saturated carbocycles. The van der Waals surface area contributed by atoms with E-state index < -0.39 is 35.5 Å². The van der Waals surface area contributed by atoms with E-state index in [0.717, 1.165) is 0 Å². The van der Waals surface area contributed by atoms with Crippen molar-refractivity contribution in [3.05, 3.63) is 53.6 Å². The summed E-state index contributed by atoms with van der Waals surface area (Å²) in [6.07, 6.45) is 0.355. The van der Waals surface area contributed by atoms with Crippen LogP contribution in [0.15, 0.2) is 36.4 Å². The average molecular weight is 460 g/mol. The van der Waals surface area contributed by atoms with E-state index in [9.17, 15) is 19.1 Å². The minimum atomic E-state index is -0.962. The van der Waals surface area contributed by atoms with Gasteiger partial charge < -0.3 is 20.6 Å². The Kier molecular flexibility index (Phi) is 7.56. The van der Waals surface area contributed by atoms with Crippen molar-refractivity contribution in [3.8, 4) is 0 Å². The molecule has 33 heavy (non-hydrogen) atoms. The summed E-state index contributed by atoms with van der Waals surface area (Å²) in [6.45, 7) is 9.49. The van der Waals surface area contributed by atoms with Gasteiger partial charge in [0.05, 0.1) is 23.0 Å². The number of hydrogen-bond donors (Lipinski definition) is 3. The number of carbonyl (C=O) groups excluding carboxylic acids is 1. The number of urea groups is 1. The van der Waals surface area contributed by atoms with Gasteiger partial charge in [0.2, 0.25) is 0 Å². The SMILES string of the molecule is CC(C)CN(CC(C)C)c1cc(F)c([C@@H]2C[C@@H]2C(=O)O)cc1NC(=O)Nc1ccccc1F. The van der Waals surface area contributed by atoms with Gasteiger partial charge in [-0.05, 0) is 48.1 Å². The van der Waals surface area contributed by atoms with E-state index >= 15 is 4.39 Å². The molecule has 178 valence electrons. The van der Waals surface area contributed by atoms with Gasteiger partial charge in [0.15, 0.2) is 0 Å². The van der Waals surface area contributed by atoms with E-state index in [1.807, 2.05) is 4.90 Å². The summed E-state index contributed by atoms with van der Waals surface area (Å²) in [6, 6.07) is 8.03. The molecule has 0 unspecified atom stereocenters. The maximum Gasteiger partial charge on any atom is 0.323 e. The molecule has 8 heteroatoms. The van der Waals surface area contributed by atoms with Gasteiger partial charge >= 0.3 is 12.0 Å². The number of carboxylic acids is 1. The smallest absolute Gasteiger partial charge is 0.323 e. The average Bonchev–Trinajstić information content (AvgIpc) is 3.50. The number of hydrogen-bond acceptors (Lipinski definition) is 3. The van der Waals surface area contributed by atoms with Crippen molar-refractivity contribution in [2.24, 2.45) is 17.8 Å². The van der Waals surface area contributed by atoms with Crippen LogP contribution in [0.3, 0.4) is 0 Å². The Bertz CT molecular complexity index is 1020. The second-order valence-corrected chi connectivity index (χ2v) is 9.43. The molecular formula is C25H31F2N3O3. The normalized spacial score (nSPS) is 17.2. The van der Waals surface area contributed by atoms with Crippen LogP contribution in [0.2, 0.25) is 0 Å². The molecule has 0 radical (unpaired) electrons. The Morgan fingerprint density at radius 1 is 1.00 bits per heavy atom. The molecule has 3 rings (SSSR count). The van der Waals surface area contributed by atoms with Crippen molar-refractivity contribution in [2.45, 2.75) is 40.0 Å². The molecule has 0 aliphatic heterocycles. The Hall–Kier alpha value is -3.16. The Morgan fingerprint density at radius 2 is 1.61 bits per heavy atom. The van der Waals surface area contributed by atoms with Gasteiger partial charge in [0.25, 0.3) is 0 Å². The van der Waals surface area contributed by atoms with Crippen molar-refractivity contribution < 1.29 is 23.5 Å². The zero-order chi connectivity index (χ0) is 24.3. The standard InChI is InChI=1S/C25H31F2N3O3/c1-14(2)12-30(13-15(3)4)23-11-20(27)17(16-9-18(16)24(31)32)10-22(23)29-25(33)28-21-8-6-5-7-19(21)26/h5-8,10-11,14-16,18H,9,12-13H2,1-4H3,(H,31,32)(H2,28,29,33)/t16-,18-/m0/s1. The lowest BCUT2D eigenvalue weighted by Gasteiger charge is -2.31. The zero-order valence-corrected chi connectivity index (χ0v) is 19.4. The first-order valence-corrected chi connectivity index (χ1v) is 11.2. The molecule has 2 atom stereocenters. The summed E-state index contributed by atoms with van der Waals surface area (Å²) in [5.41, 5.74) is 1.15. The lowest BCUT2D eigenvalue weighted by Crippen LogP contribution is -2.33. The highest BCUT2D eigenvalue weighted by molar-refractivity contribution is 6.02. The van der Waals surface area contributed by atoms with E-state index in [4.69, 9.17) is 0 Å². The van der Waals surface area contributed by atoms with Gasteiger partial charge in [-0.25, -0.2) is 13.6 Å². The van der Waals surface area contributed by atoms with Gasteiger partial charge in [-0.3, -0.25) is 4.79 Å². The van der Waals surface area contributed by atoms with E-state index in [0.29, 0.717) is 30.9 Å². The summed E-state index contributed by atoms with van der Waals surface area (Å²) in [5.74, 6) is -2.52. The summed E-state index contributed by atoms with van der Waals surface area (Å²) in [4.78, 5) is 26.1. The molecule has 1 aliphatic carbocycles. The number of nitrogens with zero attached hydrogens (tertiary/aromatic N) is 1. The molecule has 1 fully saturated rings. The first-order valence-electron chi connectivity index (χ1n) is 11.2. The molecule has 2 amide bonds. The molecule has 2 aromatic rings. The summed E-state index contributed by atoms with van der Waals surface area (Å²) >= 11 is 0. The number of aliphatic carboxylic acids is 1. The number of rotatable bonds is 9. The molecule has 0 aromatic heterocycles. The fourth-order valence-electron chi connectivity index (χ4n) is 4.03. The maximum absolute atomic E-state index is 15.1. The Morgan fingerprint density at radius 3 is 2.15 bits per heavy atom. The number of halogens is 2. The minimum absolute atomic E-state index is 0.0215. The van der Waals surface area contributed by atoms with Gasteiger partial charge in [0, 0.05) is 19.0 Å². The number of carboxylic acid groups (broad SMARTS) is 1. The third-order valence-corrected chi connectivity index (χ3v) is 5.50. The highest BCUT2D eigenvalue weighted by Crippen LogP contribution is 2.50. The topological polar surface area (TPSA) is 81.7 Å². The lowest BCUT2D eigenvalue weighted by atomic mass is 10.0. The number of anilines is 3. The molecule has 2 aromatic carbocycles. The molecule has 6 nitrogen and oxygen atoms in total. The monoisotopic (exact) mass is 459 g/mol. The van der Waals surface area contributed by atoms with E-state index in [1.165, 1.54) is 30.3 Å². The molecule has 1 aliphatic rings. The molecular weight excluding hydrogens is 428 g/mol. The molecule has 0 spiro atoms. The summed E-state index contributed by atoms with van der Waals surface area (Å²) in [5, 5.41) is 14.5. The zero-order valence-electron chi connectivity index (χ0n) is 19.4. The fourth-order valence-corrected chi connectivity index (χ4v) is 4.03. The van der Waals surface area contributed by atoms with Crippen LogP contribution in [-0.2, 0) is 4.79 Å². The fraction of sp³-hybridized carbons (Fsp3) is 0.440. The van der Waals surface area contributed by atoms with Crippen LogP contribution in [0.4, 0.5) is 30.6 Å². The third kappa shape index (κ3) is 6.21. The van der Waals surface area contributed by atoms with E-state index in [2.05, 4.69) is 38.3 Å². The van der Waals surface area contributed by atoms with E-state index in [-0.39, 0.29) is 23.1 Å². The largest absolute Gasteiger partial charge is 0.481 e. The van der Waals surface area contributed by atoms with Crippen LogP contribution >= 0.6 is 0 Å². The number of benzene rings is 2. The molecule has 0 bridgehead atoms. The van der Waals surface area contributed by atoms with Crippen molar-refractivity contribution in [3.63, 3.8) is 0 Å². The molecule has 0 saturated heterocycles.